The molecule has 0 bridgehead atoms. The van der Waals surface area contributed by atoms with Crippen LogP contribution in [0.2, 0.25) is 0 Å². The van der Waals surface area contributed by atoms with E-state index in [1.165, 1.54) is 0 Å². The van der Waals surface area contributed by atoms with Crippen molar-refractivity contribution in [2.75, 3.05) is 59.0 Å². The van der Waals surface area contributed by atoms with Gasteiger partial charge in [0.2, 0.25) is 5.91 Å². The summed E-state index contributed by atoms with van der Waals surface area (Å²) in [4.78, 5) is 18.5. The Balaban J connectivity index is 0.00000529. The molecule has 1 heterocycles. The Morgan fingerprint density at radius 1 is 1.17 bits per heavy atom. The van der Waals surface area contributed by atoms with Crippen LogP contribution >= 0.6 is 24.0 Å². The maximum atomic E-state index is 11.5. The molecule has 0 unspecified atom stereocenters. The number of nitrogens with one attached hydrogen (secondary N) is 3. The Labute approximate surface area is 163 Å². The van der Waals surface area contributed by atoms with Gasteiger partial charge >= 0.3 is 0 Å². The van der Waals surface area contributed by atoms with Crippen LogP contribution < -0.4 is 16.0 Å². The minimum atomic E-state index is 0. The summed E-state index contributed by atoms with van der Waals surface area (Å²) >= 11 is 0. The lowest BCUT2D eigenvalue weighted by Crippen LogP contribution is -2.42. The van der Waals surface area contributed by atoms with Crippen molar-refractivity contribution in [3.63, 3.8) is 0 Å². The average Bonchev–Trinajstić information content (AvgIpc) is 2.55. The predicted molar refractivity (Wildman–Crippen MR) is 109 cm³/mol. The van der Waals surface area contributed by atoms with Crippen molar-refractivity contribution >= 4 is 35.8 Å². The van der Waals surface area contributed by atoms with Crippen LogP contribution in [0.15, 0.2) is 4.99 Å². The van der Waals surface area contributed by atoms with Gasteiger partial charge in [-0.1, -0.05) is 13.8 Å². The molecule has 0 spiro atoms. The fourth-order valence-corrected chi connectivity index (χ4v) is 2.22. The zero-order valence-electron chi connectivity index (χ0n) is 15.3. The predicted octanol–water partition coefficient (Wildman–Crippen LogP) is 0.654. The van der Waals surface area contributed by atoms with E-state index in [-0.39, 0.29) is 35.8 Å². The summed E-state index contributed by atoms with van der Waals surface area (Å²) in [6.45, 7) is 13.5. The molecule has 1 aliphatic heterocycles. The zero-order chi connectivity index (χ0) is 16.9. The van der Waals surface area contributed by atoms with Crippen LogP contribution in [0.1, 0.15) is 27.2 Å². The van der Waals surface area contributed by atoms with Gasteiger partial charge in [-0.25, -0.2) is 0 Å². The molecule has 7 nitrogen and oxygen atoms in total. The highest BCUT2D eigenvalue weighted by Crippen LogP contribution is 1.98. The maximum Gasteiger partial charge on any atom is 0.222 e. The second kappa shape index (κ2) is 14.7. The lowest BCUT2D eigenvalue weighted by molar-refractivity contribution is -0.123. The molecule has 1 aliphatic rings. The molecule has 0 saturated carbocycles. The Morgan fingerprint density at radius 2 is 1.83 bits per heavy atom. The smallest absolute Gasteiger partial charge is 0.222 e. The number of halogens is 1. The number of carbonyl (C=O) groups is 1. The third kappa shape index (κ3) is 11.0. The standard InChI is InChI=1S/C16H33N5O2.HI/c1-4-17-16(20-8-7-18-15(22)14(2)3)19-6-5-9-21-10-12-23-13-11-21;/h14H,4-13H2,1-3H3,(H,18,22)(H2,17,19,20);1H. The molecule has 3 N–H and O–H groups in total. The second-order valence-corrected chi connectivity index (χ2v) is 5.94. The fourth-order valence-electron chi connectivity index (χ4n) is 2.22. The quantitative estimate of drug-likeness (QED) is 0.206. The van der Waals surface area contributed by atoms with Crippen molar-refractivity contribution in [2.24, 2.45) is 10.9 Å². The molecule has 24 heavy (non-hydrogen) atoms. The molecular weight excluding hydrogens is 421 g/mol. The van der Waals surface area contributed by atoms with Crippen LogP contribution in [0.5, 0.6) is 0 Å². The third-order valence-corrected chi connectivity index (χ3v) is 3.59. The Kier molecular flexibility index (Phi) is 14.3. The zero-order valence-corrected chi connectivity index (χ0v) is 17.6. The van der Waals surface area contributed by atoms with Gasteiger partial charge in [-0.3, -0.25) is 14.7 Å². The second-order valence-electron chi connectivity index (χ2n) is 5.94. The number of carbonyl (C=O) groups excluding carboxylic acids is 1. The van der Waals surface area contributed by atoms with Gasteiger partial charge < -0.3 is 20.7 Å². The number of hydrogen-bond donors (Lipinski definition) is 3. The molecule has 1 amide bonds. The van der Waals surface area contributed by atoms with Gasteiger partial charge in [0, 0.05) is 51.7 Å². The number of hydrogen-bond acceptors (Lipinski definition) is 4. The van der Waals surface area contributed by atoms with Crippen molar-refractivity contribution < 1.29 is 9.53 Å². The Hall–Kier alpha value is -0.610. The molecule has 0 aromatic rings. The molecule has 1 rings (SSSR count). The minimum Gasteiger partial charge on any atom is -0.379 e. The highest BCUT2D eigenvalue weighted by Gasteiger charge is 2.09. The highest BCUT2D eigenvalue weighted by molar-refractivity contribution is 14.0. The summed E-state index contributed by atoms with van der Waals surface area (Å²) in [6, 6.07) is 0. The van der Waals surface area contributed by atoms with Crippen molar-refractivity contribution in [1.29, 1.82) is 0 Å². The monoisotopic (exact) mass is 455 g/mol. The number of ether oxygens (including phenoxy) is 1. The van der Waals surface area contributed by atoms with Crippen LogP contribution in [0, 0.1) is 5.92 Å². The Morgan fingerprint density at radius 3 is 2.46 bits per heavy atom. The molecule has 142 valence electrons. The van der Waals surface area contributed by atoms with Gasteiger partial charge in [-0.15, -0.1) is 24.0 Å². The summed E-state index contributed by atoms with van der Waals surface area (Å²) < 4.78 is 5.34. The molecule has 1 fully saturated rings. The van der Waals surface area contributed by atoms with Crippen molar-refractivity contribution in [3.8, 4) is 0 Å². The minimum absolute atomic E-state index is 0. The summed E-state index contributed by atoms with van der Waals surface area (Å²) in [5, 5.41) is 9.36. The van der Waals surface area contributed by atoms with E-state index in [4.69, 9.17) is 4.74 Å². The van der Waals surface area contributed by atoms with E-state index >= 15 is 0 Å². The topological polar surface area (TPSA) is 78.0 Å². The van der Waals surface area contributed by atoms with Crippen LogP contribution in [-0.4, -0.2) is 75.8 Å². The molecule has 0 aromatic heterocycles. The number of nitrogens with zero attached hydrogens (tertiary/aromatic N) is 2. The van der Waals surface area contributed by atoms with Gasteiger partial charge in [-0.05, 0) is 13.3 Å². The number of aliphatic imine (C=N–C) groups is 1. The Bertz CT molecular complexity index is 360. The lowest BCUT2D eigenvalue weighted by Gasteiger charge is -2.26. The average molecular weight is 455 g/mol. The van der Waals surface area contributed by atoms with Gasteiger partial charge in [0.15, 0.2) is 5.96 Å². The van der Waals surface area contributed by atoms with E-state index < -0.39 is 0 Å². The van der Waals surface area contributed by atoms with E-state index in [0.717, 1.165) is 58.3 Å². The summed E-state index contributed by atoms with van der Waals surface area (Å²) in [5.41, 5.74) is 0. The SMILES string of the molecule is CCNC(=NCCCN1CCOCC1)NCCNC(=O)C(C)C.I. The molecule has 0 aromatic carbocycles. The number of morpholine rings is 1. The molecule has 1 saturated heterocycles. The lowest BCUT2D eigenvalue weighted by atomic mass is 10.2. The molecule has 0 atom stereocenters. The van der Waals surface area contributed by atoms with Gasteiger partial charge in [0.05, 0.1) is 13.2 Å². The first kappa shape index (κ1) is 23.4. The number of rotatable bonds is 9. The van der Waals surface area contributed by atoms with Gasteiger partial charge in [0.1, 0.15) is 0 Å². The molecule has 0 aliphatic carbocycles. The molecule has 0 radical (unpaired) electrons. The van der Waals surface area contributed by atoms with Crippen LogP contribution in [0.25, 0.3) is 0 Å². The largest absolute Gasteiger partial charge is 0.379 e. The first-order valence-electron chi connectivity index (χ1n) is 8.73. The van der Waals surface area contributed by atoms with E-state index in [1.807, 2.05) is 20.8 Å². The van der Waals surface area contributed by atoms with Crippen LogP contribution in [-0.2, 0) is 9.53 Å². The van der Waals surface area contributed by atoms with Crippen LogP contribution in [0.4, 0.5) is 0 Å². The number of amides is 1. The van der Waals surface area contributed by atoms with E-state index in [9.17, 15) is 4.79 Å². The maximum absolute atomic E-state index is 11.5. The summed E-state index contributed by atoms with van der Waals surface area (Å²) in [5.74, 6) is 0.921. The normalized spacial score (nSPS) is 15.8. The first-order valence-corrected chi connectivity index (χ1v) is 8.73. The fraction of sp³-hybridized carbons (Fsp3) is 0.875. The van der Waals surface area contributed by atoms with Crippen LogP contribution in [0.3, 0.4) is 0 Å². The first-order chi connectivity index (χ1) is 11.1. The van der Waals surface area contributed by atoms with Crippen molar-refractivity contribution in [3.05, 3.63) is 0 Å². The van der Waals surface area contributed by atoms with E-state index in [2.05, 4.69) is 25.8 Å². The van der Waals surface area contributed by atoms with Crippen molar-refractivity contribution in [2.45, 2.75) is 27.2 Å². The summed E-state index contributed by atoms with van der Waals surface area (Å²) in [7, 11) is 0. The highest BCUT2D eigenvalue weighted by atomic mass is 127. The van der Waals surface area contributed by atoms with Gasteiger partial charge in [-0.2, -0.15) is 0 Å². The third-order valence-electron chi connectivity index (χ3n) is 3.59. The molecular formula is C16H34IN5O2. The van der Waals surface area contributed by atoms with E-state index in [1.54, 1.807) is 0 Å². The van der Waals surface area contributed by atoms with Gasteiger partial charge in [0.25, 0.3) is 0 Å². The number of guanidine groups is 1. The molecule has 8 heteroatoms. The summed E-state index contributed by atoms with van der Waals surface area (Å²) in [6.07, 6.45) is 1.04. The van der Waals surface area contributed by atoms with Crippen molar-refractivity contribution in [1.82, 2.24) is 20.9 Å². The van der Waals surface area contributed by atoms with E-state index in [0.29, 0.717) is 13.1 Å².